The standard InChI is InChI=1S/C13H15N3O2S/c1-8-5-12(16(17)18)9(2)4-11(8)14-6-13-10(3)15-7-19-13/h4-5,7,14H,6H2,1-3H3. The summed E-state index contributed by atoms with van der Waals surface area (Å²) < 4.78 is 0. The summed E-state index contributed by atoms with van der Waals surface area (Å²) in [6.45, 7) is 6.28. The molecule has 1 N–H and O–H groups in total. The van der Waals surface area contributed by atoms with Crippen LogP contribution >= 0.6 is 11.3 Å². The van der Waals surface area contributed by atoms with Crippen LogP contribution in [0.1, 0.15) is 21.7 Å². The molecular weight excluding hydrogens is 262 g/mol. The first-order valence-electron chi connectivity index (χ1n) is 5.87. The van der Waals surface area contributed by atoms with Crippen LogP contribution in [0.5, 0.6) is 0 Å². The zero-order valence-corrected chi connectivity index (χ0v) is 11.9. The van der Waals surface area contributed by atoms with Crippen LogP contribution in [0.3, 0.4) is 0 Å². The van der Waals surface area contributed by atoms with Crippen molar-refractivity contribution < 1.29 is 4.92 Å². The van der Waals surface area contributed by atoms with Gasteiger partial charge in [0, 0.05) is 22.2 Å². The van der Waals surface area contributed by atoms with Crippen LogP contribution in [-0.4, -0.2) is 9.91 Å². The second-order valence-corrected chi connectivity index (χ2v) is 5.36. The van der Waals surface area contributed by atoms with Crippen LogP contribution < -0.4 is 5.32 Å². The van der Waals surface area contributed by atoms with E-state index < -0.39 is 0 Å². The van der Waals surface area contributed by atoms with Gasteiger partial charge < -0.3 is 5.32 Å². The molecule has 2 aromatic rings. The van der Waals surface area contributed by atoms with Crippen LogP contribution in [0, 0.1) is 30.9 Å². The zero-order chi connectivity index (χ0) is 14.0. The van der Waals surface area contributed by atoms with Gasteiger partial charge in [0.05, 0.1) is 22.7 Å². The SMILES string of the molecule is Cc1cc([N+](=O)[O-])c(C)cc1NCc1scnc1C. The van der Waals surface area contributed by atoms with Crippen LogP contribution in [-0.2, 0) is 6.54 Å². The van der Waals surface area contributed by atoms with E-state index in [-0.39, 0.29) is 10.6 Å². The summed E-state index contributed by atoms with van der Waals surface area (Å²) in [6, 6.07) is 3.43. The first-order chi connectivity index (χ1) is 8.99. The van der Waals surface area contributed by atoms with E-state index in [0.717, 1.165) is 16.9 Å². The van der Waals surface area contributed by atoms with E-state index in [1.54, 1.807) is 24.3 Å². The maximum atomic E-state index is 10.9. The molecule has 5 nitrogen and oxygen atoms in total. The Balaban J connectivity index is 2.20. The highest BCUT2D eigenvalue weighted by Gasteiger charge is 2.13. The van der Waals surface area contributed by atoms with E-state index in [9.17, 15) is 10.1 Å². The van der Waals surface area contributed by atoms with Gasteiger partial charge >= 0.3 is 0 Å². The molecule has 0 aliphatic carbocycles. The second-order valence-electron chi connectivity index (χ2n) is 4.43. The first-order valence-corrected chi connectivity index (χ1v) is 6.75. The van der Waals surface area contributed by atoms with Crippen molar-refractivity contribution in [3.8, 4) is 0 Å². The van der Waals surface area contributed by atoms with E-state index >= 15 is 0 Å². The lowest BCUT2D eigenvalue weighted by molar-refractivity contribution is -0.385. The number of thiazole rings is 1. The third-order valence-electron chi connectivity index (χ3n) is 3.02. The molecule has 19 heavy (non-hydrogen) atoms. The van der Waals surface area contributed by atoms with Gasteiger partial charge in [-0.05, 0) is 32.4 Å². The number of aromatic nitrogens is 1. The molecule has 2 rings (SSSR count). The Morgan fingerprint density at radius 1 is 1.32 bits per heavy atom. The number of anilines is 1. The fourth-order valence-corrected chi connectivity index (χ4v) is 2.58. The molecule has 0 unspecified atom stereocenters. The highest BCUT2D eigenvalue weighted by atomic mass is 32.1. The molecule has 1 aromatic carbocycles. The number of hydrogen-bond donors (Lipinski definition) is 1. The molecule has 0 saturated heterocycles. The second kappa shape index (κ2) is 5.36. The number of nitrogens with zero attached hydrogens (tertiary/aromatic N) is 2. The minimum absolute atomic E-state index is 0.164. The summed E-state index contributed by atoms with van der Waals surface area (Å²) in [5, 5.41) is 14.2. The molecule has 0 fully saturated rings. The van der Waals surface area contributed by atoms with Crippen molar-refractivity contribution in [2.24, 2.45) is 0 Å². The molecule has 0 aliphatic rings. The van der Waals surface area contributed by atoms with Gasteiger partial charge in [-0.25, -0.2) is 4.98 Å². The van der Waals surface area contributed by atoms with Gasteiger partial charge in [0.25, 0.3) is 5.69 Å². The van der Waals surface area contributed by atoms with Gasteiger partial charge in [0.1, 0.15) is 0 Å². The molecular formula is C13H15N3O2S. The van der Waals surface area contributed by atoms with Crippen LogP contribution in [0.25, 0.3) is 0 Å². The lowest BCUT2D eigenvalue weighted by Crippen LogP contribution is -2.02. The molecule has 0 radical (unpaired) electrons. The summed E-state index contributed by atoms with van der Waals surface area (Å²) >= 11 is 1.61. The van der Waals surface area contributed by atoms with Crippen molar-refractivity contribution in [1.29, 1.82) is 0 Å². The third-order valence-corrected chi connectivity index (χ3v) is 3.96. The number of rotatable bonds is 4. The van der Waals surface area contributed by atoms with Crippen molar-refractivity contribution >= 4 is 22.7 Å². The molecule has 0 bridgehead atoms. The van der Waals surface area contributed by atoms with E-state index in [4.69, 9.17) is 0 Å². The van der Waals surface area contributed by atoms with Crippen LogP contribution in [0.15, 0.2) is 17.6 Å². The average molecular weight is 277 g/mol. The average Bonchev–Trinajstić information content (AvgIpc) is 2.75. The number of hydrogen-bond acceptors (Lipinski definition) is 5. The predicted octanol–water partition coefficient (Wildman–Crippen LogP) is 3.59. The summed E-state index contributed by atoms with van der Waals surface area (Å²) in [4.78, 5) is 15.9. The Bertz CT molecular complexity index is 622. The van der Waals surface area contributed by atoms with Crippen molar-refractivity contribution in [2.75, 3.05) is 5.32 Å². The van der Waals surface area contributed by atoms with Crippen LogP contribution in [0.4, 0.5) is 11.4 Å². The molecule has 0 atom stereocenters. The molecule has 0 saturated carbocycles. The zero-order valence-electron chi connectivity index (χ0n) is 11.1. The topological polar surface area (TPSA) is 68.1 Å². The van der Waals surface area contributed by atoms with E-state index in [2.05, 4.69) is 10.3 Å². The van der Waals surface area contributed by atoms with E-state index in [1.165, 1.54) is 4.88 Å². The number of benzene rings is 1. The van der Waals surface area contributed by atoms with E-state index in [1.807, 2.05) is 25.4 Å². The first kappa shape index (κ1) is 13.5. The molecule has 100 valence electrons. The fourth-order valence-electron chi connectivity index (χ4n) is 1.86. The van der Waals surface area contributed by atoms with Crippen molar-refractivity contribution in [3.05, 3.63) is 49.5 Å². The van der Waals surface area contributed by atoms with Gasteiger partial charge in [-0.15, -0.1) is 11.3 Å². The van der Waals surface area contributed by atoms with Crippen molar-refractivity contribution in [1.82, 2.24) is 4.98 Å². The Labute approximate surface area is 115 Å². The third kappa shape index (κ3) is 2.90. The Hall–Kier alpha value is -1.95. The van der Waals surface area contributed by atoms with Crippen LogP contribution in [0.2, 0.25) is 0 Å². The quantitative estimate of drug-likeness (QED) is 0.685. The smallest absolute Gasteiger partial charge is 0.272 e. The monoisotopic (exact) mass is 277 g/mol. The largest absolute Gasteiger partial charge is 0.380 e. The van der Waals surface area contributed by atoms with Gasteiger partial charge in [-0.2, -0.15) is 0 Å². The Kier molecular flexibility index (Phi) is 3.80. The number of nitro groups is 1. The van der Waals surface area contributed by atoms with E-state index in [0.29, 0.717) is 12.1 Å². The normalized spacial score (nSPS) is 10.5. The maximum Gasteiger partial charge on any atom is 0.272 e. The van der Waals surface area contributed by atoms with Gasteiger partial charge in [-0.1, -0.05) is 0 Å². The number of nitro benzene ring substituents is 1. The number of nitrogens with one attached hydrogen (secondary N) is 1. The molecule has 6 heteroatoms. The summed E-state index contributed by atoms with van der Waals surface area (Å²) in [5.74, 6) is 0. The molecule has 0 amide bonds. The Morgan fingerprint density at radius 3 is 2.63 bits per heavy atom. The highest BCUT2D eigenvalue weighted by Crippen LogP contribution is 2.26. The summed E-state index contributed by atoms with van der Waals surface area (Å²) in [7, 11) is 0. The van der Waals surface area contributed by atoms with Gasteiger partial charge in [0.2, 0.25) is 0 Å². The lowest BCUT2D eigenvalue weighted by atomic mass is 10.1. The Morgan fingerprint density at radius 2 is 2.05 bits per heavy atom. The molecule has 0 spiro atoms. The fraction of sp³-hybridized carbons (Fsp3) is 0.308. The molecule has 1 aromatic heterocycles. The highest BCUT2D eigenvalue weighted by molar-refractivity contribution is 7.09. The molecule has 1 heterocycles. The maximum absolute atomic E-state index is 10.9. The summed E-state index contributed by atoms with van der Waals surface area (Å²) in [5.41, 5.74) is 5.47. The predicted molar refractivity (Wildman–Crippen MR) is 76.7 cm³/mol. The number of aryl methyl sites for hydroxylation is 3. The minimum atomic E-state index is -0.348. The van der Waals surface area contributed by atoms with Gasteiger partial charge in [0.15, 0.2) is 0 Å². The lowest BCUT2D eigenvalue weighted by Gasteiger charge is -2.10. The van der Waals surface area contributed by atoms with Crippen molar-refractivity contribution in [3.63, 3.8) is 0 Å². The van der Waals surface area contributed by atoms with Crippen molar-refractivity contribution in [2.45, 2.75) is 27.3 Å². The summed E-state index contributed by atoms with van der Waals surface area (Å²) in [6.07, 6.45) is 0. The molecule has 0 aliphatic heterocycles. The minimum Gasteiger partial charge on any atom is -0.380 e. The van der Waals surface area contributed by atoms with Gasteiger partial charge in [-0.3, -0.25) is 10.1 Å².